The number of carbonyl (C=O) groups is 2. The highest BCUT2D eigenvalue weighted by Gasteiger charge is 2.31. The summed E-state index contributed by atoms with van der Waals surface area (Å²) in [5, 5.41) is 8.61. The van der Waals surface area contributed by atoms with Gasteiger partial charge in [0.15, 0.2) is 0 Å². The summed E-state index contributed by atoms with van der Waals surface area (Å²) in [5.74, 6) is -1.77. The molecule has 0 aliphatic carbocycles. The van der Waals surface area contributed by atoms with E-state index in [1.165, 1.54) is 24.3 Å². The zero-order valence-electron chi connectivity index (χ0n) is 7.21. The van der Waals surface area contributed by atoms with Crippen LogP contribution >= 0.6 is 34.8 Å². The van der Waals surface area contributed by atoms with Crippen molar-refractivity contribution in [2.45, 2.75) is 3.79 Å². The molecule has 0 unspecified atom stereocenters. The van der Waals surface area contributed by atoms with Crippen molar-refractivity contribution < 1.29 is 14.7 Å². The van der Waals surface area contributed by atoms with E-state index in [0.29, 0.717) is 0 Å². The molecule has 0 atom stereocenters. The van der Waals surface area contributed by atoms with Gasteiger partial charge in [-0.15, -0.1) is 0 Å². The standard InChI is InChI=1S/C9H5Cl3O3/c10-9(11,12)7(13)5-1-3-6(4-2-5)8(14)15/h1-4H,(H,14,15). The molecule has 0 saturated heterocycles. The van der Waals surface area contributed by atoms with Crippen molar-refractivity contribution in [3.63, 3.8) is 0 Å². The Kier molecular flexibility index (Phi) is 3.60. The summed E-state index contributed by atoms with van der Waals surface area (Å²) in [4.78, 5) is 21.9. The number of hydrogen-bond acceptors (Lipinski definition) is 2. The Morgan fingerprint density at radius 3 is 1.73 bits per heavy atom. The van der Waals surface area contributed by atoms with Gasteiger partial charge in [-0.2, -0.15) is 0 Å². The van der Waals surface area contributed by atoms with E-state index < -0.39 is 15.5 Å². The fraction of sp³-hybridized carbons (Fsp3) is 0.111. The topological polar surface area (TPSA) is 54.4 Å². The second-order valence-electron chi connectivity index (χ2n) is 2.71. The zero-order valence-corrected chi connectivity index (χ0v) is 9.47. The number of carboxylic acid groups (broad SMARTS) is 1. The highest BCUT2D eigenvalue weighted by Crippen LogP contribution is 2.30. The van der Waals surface area contributed by atoms with Crippen LogP contribution in [0, 0.1) is 0 Å². The molecule has 15 heavy (non-hydrogen) atoms. The van der Waals surface area contributed by atoms with E-state index in [1.54, 1.807) is 0 Å². The van der Waals surface area contributed by atoms with E-state index in [-0.39, 0.29) is 11.1 Å². The van der Waals surface area contributed by atoms with Crippen molar-refractivity contribution in [3.8, 4) is 0 Å². The van der Waals surface area contributed by atoms with E-state index >= 15 is 0 Å². The van der Waals surface area contributed by atoms with Crippen LogP contribution in [0.2, 0.25) is 0 Å². The number of carbonyl (C=O) groups excluding carboxylic acids is 1. The first-order valence-electron chi connectivity index (χ1n) is 3.77. The Morgan fingerprint density at radius 2 is 1.40 bits per heavy atom. The smallest absolute Gasteiger partial charge is 0.335 e. The summed E-state index contributed by atoms with van der Waals surface area (Å²) in [7, 11) is 0. The lowest BCUT2D eigenvalue weighted by Gasteiger charge is -2.08. The van der Waals surface area contributed by atoms with Crippen LogP contribution in [-0.4, -0.2) is 20.7 Å². The Labute approximate surface area is 101 Å². The third-order valence-corrected chi connectivity index (χ3v) is 2.17. The van der Waals surface area contributed by atoms with Gasteiger partial charge >= 0.3 is 5.97 Å². The van der Waals surface area contributed by atoms with E-state index in [2.05, 4.69) is 0 Å². The highest BCUT2D eigenvalue weighted by molar-refractivity contribution is 6.77. The molecule has 80 valence electrons. The summed E-state index contributed by atoms with van der Waals surface area (Å²) in [5.41, 5.74) is 0.218. The van der Waals surface area contributed by atoms with Crippen LogP contribution < -0.4 is 0 Å². The molecule has 0 aromatic heterocycles. The van der Waals surface area contributed by atoms with Gasteiger partial charge in [0.1, 0.15) is 0 Å². The molecule has 0 spiro atoms. The number of benzene rings is 1. The Morgan fingerprint density at radius 1 is 1.00 bits per heavy atom. The van der Waals surface area contributed by atoms with Crippen LogP contribution in [0.3, 0.4) is 0 Å². The summed E-state index contributed by atoms with van der Waals surface area (Å²) in [6.07, 6.45) is 0. The summed E-state index contributed by atoms with van der Waals surface area (Å²) >= 11 is 16.2. The maximum Gasteiger partial charge on any atom is 0.335 e. The van der Waals surface area contributed by atoms with Crippen molar-refractivity contribution in [2.75, 3.05) is 0 Å². The first-order chi connectivity index (χ1) is 6.82. The summed E-state index contributed by atoms with van der Waals surface area (Å²) in [6.45, 7) is 0. The average molecular weight is 267 g/mol. The van der Waals surface area contributed by atoms with Crippen molar-refractivity contribution in [3.05, 3.63) is 35.4 Å². The summed E-state index contributed by atoms with van der Waals surface area (Å²) < 4.78 is -2.02. The number of Topliss-reactive ketones (excluding diaryl/α,β-unsaturated/α-hetero) is 1. The molecule has 1 N–H and O–H groups in total. The fourth-order valence-corrected chi connectivity index (χ4v) is 1.26. The fourth-order valence-electron chi connectivity index (χ4n) is 0.928. The lowest BCUT2D eigenvalue weighted by Crippen LogP contribution is -2.18. The molecule has 0 bridgehead atoms. The number of rotatable bonds is 2. The number of carboxylic acids is 1. The quantitative estimate of drug-likeness (QED) is 0.662. The Balaban J connectivity index is 3.00. The van der Waals surface area contributed by atoms with Crippen LogP contribution in [0.4, 0.5) is 0 Å². The molecule has 0 heterocycles. The van der Waals surface area contributed by atoms with Gasteiger partial charge < -0.3 is 5.11 Å². The van der Waals surface area contributed by atoms with Crippen molar-refractivity contribution >= 4 is 46.6 Å². The van der Waals surface area contributed by atoms with Crippen LogP contribution in [0.15, 0.2) is 24.3 Å². The summed E-state index contributed by atoms with van der Waals surface area (Å²) in [6, 6.07) is 5.14. The largest absolute Gasteiger partial charge is 0.478 e. The van der Waals surface area contributed by atoms with Crippen LogP contribution in [0.5, 0.6) is 0 Å². The second-order valence-corrected chi connectivity index (χ2v) is 4.99. The molecule has 1 aromatic carbocycles. The number of ketones is 1. The number of alkyl halides is 3. The molecule has 6 heteroatoms. The molecule has 0 fully saturated rings. The number of hydrogen-bond donors (Lipinski definition) is 1. The zero-order chi connectivity index (χ0) is 11.6. The van der Waals surface area contributed by atoms with E-state index in [9.17, 15) is 9.59 Å². The van der Waals surface area contributed by atoms with E-state index in [4.69, 9.17) is 39.9 Å². The molecule has 3 nitrogen and oxygen atoms in total. The van der Waals surface area contributed by atoms with E-state index in [0.717, 1.165) is 0 Å². The molecular formula is C9H5Cl3O3. The van der Waals surface area contributed by atoms with Crippen LogP contribution in [0.25, 0.3) is 0 Å². The molecule has 1 rings (SSSR count). The monoisotopic (exact) mass is 266 g/mol. The van der Waals surface area contributed by atoms with Crippen molar-refractivity contribution in [1.29, 1.82) is 0 Å². The van der Waals surface area contributed by atoms with Gasteiger partial charge in [-0.1, -0.05) is 46.9 Å². The first kappa shape index (κ1) is 12.3. The lowest BCUT2D eigenvalue weighted by molar-refractivity contribution is 0.0696. The van der Waals surface area contributed by atoms with Gasteiger partial charge in [0.05, 0.1) is 5.56 Å². The lowest BCUT2D eigenvalue weighted by atomic mass is 10.1. The van der Waals surface area contributed by atoms with E-state index in [1.807, 2.05) is 0 Å². The minimum absolute atomic E-state index is 0.0656. The predicted molar refractivity (Wildman–Crippen MR) is 58.0 cm³/mol. The highest BCUT2D eigenvalue weighted by atomic mass is 35.6. The van der Waals surface area contributed by atoms with Gasteiger partial charge in [-0.05, 0) is 12.1 Å². The second kappa shape index (κ2) is 4.39. The van der Waals surface area contributed by atoms with Gasteiger partial charge in [0.2, 0.25) is 5.78 Å². The predicted octanol–water partition coefficient (Wildman–Crippen LogP) is 2.94. The van der Waals surface area contributed by atoms with Crippen molar-refractivity contribution in [2.24, 2.45) is 0 Å². The van der Waals surface area contributed by atoms with Crippen LogP contribution in [0.1, 0.15) is 20.7 Å². The minimum atomic E-state index is -2.02. The van der Waals surface area contributed by atoms with Crippen molar-refractivity contribution in [1.82, 2.24) is 0 Å². The van der Waals surface area contributed by atoms with Gasteiger partial charge in [-0.25, -0.2) is 4.79 Å². The molecule has 1 aromatic rings. The number of aromatic carboxylic acids is 1. The molecule has 0 aliphatic heterocycles. The van der Waals surface area contributed by atoms with Gasteiger partial charge in [0.25, 0.3) is 3.79 Å². The first-order valence-corrected chi connectivity index (χ1v) is 4.90. The average Bonchev–Trinajstić information content (AvgIpc) is 2.15. The molecule has 0 aliphatic rings. The maximum atomic E-state index is 11.4. The molecule has 0 amide bonds. The van der Waals surface area contributed by atoms with Crippen LogP contribution in [-0.2, 0) is 0 Å². The normalized spacial score (nSPS) is 11.1. The third kappa shape index (κ3) is 3.09. The number of halogens is 3. The molecule has 0 radical (unpaired) electrons. The Hall–Kier alpha value is -0.770. The minimum Gasteiger partial charge on any atom is -0.478 e. The Bertz CT molecular complexity index is 392. The van der Waals surface area contributed by atoms with Gasteiger partial charge in [0, 0.05) is 5.56 Å². The molecule has 0 saturated carbocycles. The maximum absolute atomic E-state index is 11.4. The SMILES string of the molecule is O=C(O)c1ccc(C(=O)C(Cl)(Cl)Cl)cc1. The van der Waals surface area contributed by atoms with Gasteiger partial charge in [-0.3, -0.25) is 4.79 Å². The third-order valence-electron chi connectivity index (χ3n) is 1.65. The molecular weight excluding hydrogens is 262 g/mol.